The van der Waals surface area contributed by atoms with E-state index in [1.54, 1.807) is 0 Å². The lowest BCUT2D eigenvalue weighted by atomic mass is 9.84. The summed E-state index contributed by atoms with van der Waals surface area (Å²) >= 11 is 0. The molecule has 1 N–H and O–H groups in total. The number of rotatable bonds is 3. The van der Waals surface area contributed by atoms with Crippen LogP contribution in [0.2, 0.25) is 0 Å². The van der Waals surface area contributed by atoms with Crippen LogP contribution in [0.3, 0.4) is 0 Å². The molecular formula is C14H24N2O2. The molecule has 0 atom stereocenters. The normalized spacial score (nSPS) is 29.6. The van der Waals surface area contributed by atoms with E-state index >= 15 is 0 Å². The molecule has 4 heteroatoms. The SMILES string of the molecule is O=C1CN(CC2(O)CCCCC2)CCN1C1CC1. The Morgan fingerprint density at radius 2 is 1.89 bits per heavy atom. The van der Waals surface area contributed by atoms with E-state index in [1.807, 2.05) is 4.90 Å². The molecule has 1 heterocycles. The maximum atomic E-state index is 12.0. The van der Waals surface area contributed by atoms with Crippen LogP contribution in [0.1, 0.15) is 44.9 Å². The summed E-state index contributed by atoms with van der Waals surface area (Å²) < 4.78 is 0. The van der Waals surface area contributed by atoms with Gasteiger partial charge in [0.1, 0.15) is 0 Å². The second-order valence-electron chi connectivity index (χ2n) is 6.31. The molecule has 1 aliphatic heterocycles. The Kier molecular flexibility index (Phi) is 3.32. The second kappa shape index (κ2) is 4.82. The molecule has 0 radical (unpaired) electrons. The molecule has 1 amide bonds. The zero-order chi connectivity index (χ0) is 12.6. The number of hydrogen-bond donors (Lipinski definition) is 1. The molecule has 0 spiro atoms. The van der Waals surface area contributed by atoms with Crippen molar-refractivity contribution in [2.45, 2.75) is 56.6 Å². The standard InChI is InChI=1S/C14H24N2O2/c17-13-10-15(8-9-16(13)12-4-5-12)11-14(18)6-2-1-3-7-14/h12,18H,1-11H2. The number of amides is 1. The van der Waals surface area contributed by atoms with Gasteiger partial charge in [0.05, 0.1) is 12.1 Å². The Balaban J connectivity index is 1.53. The van der Waals surface area contributed by atoms with E-state index in [4.69, 9.17) is 0 Å². The minimum absolute atomic E-state index is 0.267. The van der Waals surface area contributed by atoms with Gasteiger partial charge in [-0.2, -0.15) is 0 Å². The van der Waals surface area contributed by atoms with Gasteiger partial charge in [0.15, 0.2) is 0 Å². The topological polar surface area (TPSA) is 43.8 Å². The smallest absolute Gasteiger partial charge is 0.237 e. The molecule has 4 nitrogen and oxygen atoms in total. The van der Waals surface area contributed by atoms with Gasteiger partial charge < -0.3 is 10.0 Å². The van der Waals surface area contributed by atoms with Crippen LogP contribution in [0.25, 0.3) is 0 Å². The minimum Gasteiger partial charge on any atom is -0.389 e. The lowest BCUT2D eigenvalue weighted by Crippen LogP contribution is -2.55. The molecule has 3 rings (SSSR count). The highest BCUT2D eigenvalue weighted by Gasteiger charge is 2.38. The molecule has 3 fully saturated rings. The van der Waals surface area contributed by atoms with Crippen LogP contribution in [0.4, 0.5) is 0 Å². The minimum atomic E-state index is -0.527. The van der Waals surface area contributed by atoms with Crippen LogP contribution in [0, 0.1) is 0 Å². The number of carbonyl (C=O) groups is 1. The molecule has 102 valence electrons. The van der Waals surface area contributed by atoms with Gasteiger partial charge in [-0.1, -0.05) is 19.3 Å². The van der Waals surface area contributed by atoms with E-state index in [0.29, 0.717) is 19.1 Å². The van der Waals surface area contributed by atoms with Crippen molar-refractivity contribution in [3.8, 4) is 0 Å². The summed E-state index contributed by atoms with van der Waals surface area (Å²) in [4.78, 5) is 16.2. The summed E-state index contributed by atoms with van der Waals surface area (Å²) in [5.41, 5.74) is -0.527. The maximum absolute atomic E-state index is 12.0. The fourth-order valence-electron chi connectivity index (χ4n) is 3.43. The predicted octanol–water partition coefficient (Wildman–Crippen LogP) is 0.988. The molecule has 1 saturated heterocycles. The molecule has 0 aromatic heterocycles. The van der Waals surface area contributed by atoms with Crippen molar-refractivity contribution in [2.75, 3.05) is 26.2 Å². The van der Waals surface area contributed by atoms with Crippen molar-refractivity contribution >= 4 is 5.91 Å². The van der Waals surface area contributed by atoms with E-state index in [2.05, 4.69) is 4.90 Å². The van der Waals surface area contributed by atoms with Crippen LogP contribution in [-0.2, 0) is 4.79 Å². The third-order valence-corrected chi connectivity index (χ3v) is 4.63. The number of β-amino-alcohol motifs (C(OH)–C–C–N with tert-alkyl or cyclic N) is 1. The molecule has 0 bridgehead atoms. The van der Waals surface area contributed by atoms with Gasteiger partial charge in [0.25, 0.3) is 0 Å². The molecule has 18 heavy (non-hydrogen) atoms. The van der Waals surface area contributed by atoms with Crippen LogP contribution < -0.4 is 0 Å². The van der Waals surface area contributed by atoms with Crippen LogP contribution in [0.5, 0.6) is 0 Å². The van der Waals surface area contributed by atoms with Gasteiger partial charge in [-0.05, 0) is 25.7 Å². The van der Waals surface area contributed by atoms with E-state index in [-0.39, 0.29) is 5.91 Å². The lowest BCUT2D eigenvalue weighted by Gasteiger charge is -2.40. The number of nitrogens with zero attached hydrogens (tertiary/aromatic N) is 2. The molecule has 0 aromatic carbocycles. The van der Waals surface area contributed by atoms with Gasteiger partial charge in [0, 0.05) is 25.7 Å². The fraction of sp³-hybridized carbons (Fsp3) is 0.929. The largest absolute Gasteiger partial charge is 0.389 e. The Hall–Kier alpha value is -0.610. The van der Waals surface area contributed by atoms with Crippen molar-refractivity contribution in [2.24, 2.45) is 0 Å². The number of hydrogen-bond acceptors (Lipinski definition) is 3. The molecule has 2 saturated carbocycles. The first-order valence-corrected chi connectivity index (χ1v) is 7.41. The molecule has 2 aliphatic carbocycles. The summed E-state index contributed by atoms with van der Waals surface area (Å²) in [5.74, 6) is 0.267. The van der Waals surface area contributed by atoms with Crippen molar-refractivity contribution in [3.05, 3.63) is 0 Å². The van der Waals surface area contributed by atoms with Crippen molar-refractivity contribution in [1.82, 2.24) is 9.80 Å². The zero-order valence-electron chi connectivity index (χ0n) is 11.1. The number of piperazine rings is 1. The summed E-state index contributed by atoms with van der Waals surface area (Å²) in [7, 11) is 0. The first-order valence-electron chi connectivity index (χ1n) is 7.41. The van der Waals surface area contributed by atoms with E-state index in [1.165, 1.54) is 19.3 Å². The van der Waals surface area contributed by atoms with E-state index < -0.39 is 5.60 Å². The Morgan fingerprint density at radius 3 is 2.50 bits per heavy atom. The number of aliphatic hydroxyl groups is 1. The molecule has 0 unspecified atom stereocenters. The predicted molar refractivity (Wildman–Crippen MR) is 69.2 cm³/mol. The molecular weight excluding hydrogens is 228 g/mol. The average molecular weight is 252 g/mol. The van der Waals surface area contributed by atoms with E-state index in [0.717, 1.165) is 38.8 Å². The third-order valence-electron chi connectivity index (χ3n) is 4.63. The van der Waals surface area contributed by atoms with Gasteiger partial charge in [0.2, 0.25) is 5.91 Å². The van der Waals surface area contributed by atoms with Gasteiger partial charge in [-0.3, -0.25) is 9.69 Å². The summed E-state index contributed by atoms with van der Waals surface area (Å²) in [5, 5.41) is 10.5. The van der Waals surface area contributed by atoms with Crippen molar-refractivity contribution in [1.29, 1.82) is 0 Å². The van der Waals surface area contributed by atoms with Crippen LogP contribution in [-0.4, -0.2) is 58.6 Å². The van der Waals surface area contributed by atoms with Gasteiger partial charge in [-0.25, -0.2) is 0 Å². The summed E-state index contributed by atoms with van der Waals surface area (Å²) in [6.45, 7) is 3.00. The summed E-state index contributed by atoms with van der Waals surface area (Å²) in [6, 6.07) is 0.539. The highest BCUT2D eigenvalue weighted by molar-refractivity contribution is 5.79. The quantitative estimate of drug-likeness (QED) is 0.814. The second-order valence-corrected chi connectivity index (χ2v) is 6.31. The Labute approximate surface area is 109 Å². The van der Waals surface area contributed by atoms with Crippen molar-refractivity contribution < 1.29 is 9.90 Å². The lowest BCUT2D eigenvalue weighted by molar-refractivity contribution is -0.138. The van der Waals surface area contributed by atoms with Crippen molar-refractivity contribution in [3.63, 3.8) is 0 Å². The Morgan fingerprint density at radius 1 is 1.17 bits per heavy atom. The first-order chi connectivity index (χ1) is 8.66. The average Bonchev–Trinajstić information content (AvgIpc) is 3.13. The van der Waals surface area contributed by atoms with Crippen LogP contribution in [0.15, 0.2) is 0 Å². The summed E-state index contributed by atoms with van der Waals surface area (Å²) in [6.07, 6.45) is 7.70. The Bertz CT molecular complexity index is 322. The molecule has 3 aliphatic rings. The molecule has 0 aromatic rings. The maximum Gasteiger partial charge on any atom is 0.237 e. The first kappa shape index (κ1) is 12.4. The highest BCUT2D eigenvalue weighted by Crippen LogP contribution is 2.31. The van der Waals surface area contributed by atoms with Gasteiger partial charge in [-0.15, -0.1) is 0 Å². The van der Waals surface area contributed by atoms with Gasteiger partial charge >= 0.3 is 0 Å². The third kappa shape index (κ3) is 2.69. The van der Waals surface area contributed by atoms with Crippen LogP contribution >= 0.6 is 0 Å². The zero-order valence-corrected chi connectivity index (χ0v) is 11.1. The fourth-order valence-corrected chi connectivity index (χ4v) is 3.43. The number of carbonyl (C=O) groups excluding carboxylic acids is 1. The van der Waals surface area contributed by atoms with E-state index in [9.17, 15) is 9.90 Å². The monoisotopic (exact) mass is 252 g/mol. The highest BCUT2D eigenvalue weighted by atomic mass is 16.3.